The van der Waals surface area contributed by atoms with Gasteiger partial charge in [0.05, 0.1) is 0 Å². The van der Waals surface area contributed by atoms with Gasteiger partial charge in [0.2, 0.25) is 0 Å². The van der Waals surface area contributed by atoms with Crippen LogP contribution in [0.15, 0.2) is 42.5 Å². The summed E-state index contributed by atoms with van der Waals surface area (Å²) in [6, 6.07) is 13.9. The van der Waals surface area contributed by atoms with Crippen LogP contribution in [0.2, 0.25) is 5.02 Å². The smallest absolute Gasteiger partial charge is 0.139 e. The summed E-state index contributed by atoms with van der Waals surface area (Å²) in [5.74, 6) is 0.800. The first kappa shape index (κ1) is 15.9. The minimum atomic E-state index is -0.156. The Morgan fingerprint density at radius 3 is 2.43 bits per heavy atom. The molecule has 0 spiro atoms. The van der Waals surface area contributed by atoms with Crippen LogP contribution in [0.25, 0.3) is 0 Å². The summed E-state index contributed by atoms with van der Waals surface area (Å²) in [6.07, 6.45) is 0.697. The number of benzene rings is 2. The topological polar surface area (TPSA) is 35.2 Å². The molecule has 0 heterocycles. The Balaban J connectivity index is 2.33. The van der Waals surface area contributed by atoms with Crippen molar-refractivity contribution in [1.29, 1.82) is 0 Å². The van der Waals surface area contributed by atoms with Crippen LogP contribution in [0.5, 0.6) is 5.75 Å². The molecule has 2 unspecified atom stereocenters. The number of hydrogen-bond donors (Lipinski definition) is 1. The molecule has 0 saturated heterocycles. The number of ether oxygens (including phenoxy) is 1. The van der Waals surface area contributed by atoms with E-state index < -0.39 is 0 Å². The van der Waals surface area contributed by atoms with E-state index >= 15 is 0 Å². The van der Waals surface area contributed by atoms with Gasteiger partial charge in [-0.25, -0.2) is 0 Å². The maximum atomic E-state index is 6.28. The van der Waals surface area contributed by atoms with Crippen molar-refractivity contribution in [3.63, 3.8) is 0 Å². The van der Waals surface area contributed by atoms with E-state index in [1.165, 1.54) is 5.56 Å². The van der Waals surface area contributed by atoms with Gasteiger partial charge < -0.3 is 10.5 Å². The van der Waals surface area contributed by atoms with Gasteiger partial charge in [-0.3, -0.25) is 0 Å². The monoisotopic (exact) mass is 303 g/mol. The summed E-state index contributed by atoms with van der Waals surface area (Å²) < 4.78 is 6.19. The van der Waals surface area contributed by atoms with Gasteiger partial charge in [0.15, 0.2) is 0 Å². The first-order valence-electron chi connectivity index (χ1n) is 7.26. The summed E-state index contributed by atoms with van der Waals surface area (Å²) in [6.45, 7) is 6.13. The average Bonchev–Trinajstić information content (AvgIpc) is 2.48. The molecule has 0 amide bonds. The van der Waals surface area contributed by atoms with Crippen molar-refractivity contribution in [1.82, 2.24) is 0 Å². The van der Waals surface area contributed by atoms with Gasteiger partial charge >= 0.3 is 0 Å². The lowest BCUT2D eigenvalue weighted by Gasteiger charge is -2.26. The Hall–Kier alpha value is -1.51. The van der Waals surface area contributed by atoms with E-state index in [0.717, 1.165) is 28.3 Å². The first-order valence-corrected chi connectivity index (χ1v) is 7.64. The molecule has 3 heteroatoms. The molecule has 0 aromatic heterocycles. The quantitative estimate of drug-likeness (QED) is 0.860. The minimum absolute atomic E-state index is 0.0536. The number of nitrogens with two attached hydrogens (primary N) is 1. The van der Waals surface area contributed by atoms with E-state index in [-0.39, 0.29) is 12.1 Å². The molecule has 0 aliphatic rings. The van der Waals surface area contributed by atoms with Gasteiger partial charge in [-0.2, -0.15) is 0 Å². The molecule has 2 atom stereocenters. The summed E-state index contributed by atoms with van der Waals surface area (Å²) in [5.41, 5.74) is 9.62. The Labute approximate surface area is 131 Å². The van der Waals surface area contributed by atoms with Crippen LogP contribution in [0.3, 0.4) is 0 Å². The average molecular weight is 304 g/mol. The van der Waals surface area contributed by atoms with Crippen LogP contribution in [0, 0.1) is 13.8 Å². The van der Waals surface area contributed by atoms with Crippen LogP contribution in [-0.4, -0.2) is 6.04 Å². The molecular formula is C18H22ClNO. The Bertz CT molecular complexity index is 612. The fourth-order valence-electron chi connectivity index (χ4n) is 2.34. The SMILES string of the molecule is CCC(N)C(Oc1ccc(Cl)c(C)c1)c1ccccc1C. The van der Waals surface area contributed by atoms with E-state index in [0.29, 0.717) is 0 Å². The zero-order chi connectivity index (χ0) is 15.4. The second kappa shape index (κ2) is 6.97. The highest BCUT2D eigenvalue weighted by Crippen LogP contribution is 2.29. The third-order valence-electron chi connectivity index (χ3n) is 3.75. The molecule has 21 heavy (non-hydrogen) atoms. The largest absolute Gasteiger partial charge is 0.484 e. The number of aryl methyl sites for hydroxylation is 2. The second-order valence-electron chi connectivity index (χ2n) is 5.38. The highest BCUT2D eigenvalue weighted by molar-refractivity contribution is 6.31. The normalized spacial score (nSPS) is 13.8. The molecule has 2 nitrogen and oxygen atoms in total. The summed E-state index contributed by atoms with van der Waals surface area (Å²) in [5, 5.41) is 0.745. The molecule has 0 fully saturated rings. The van der Waals surface area contributed by atoms with Gasteiger partial charge in [-0.15, -0.1) is 0 Å². The summed E-state index contributed by atoms with van der Waals surface area (Å²) in [4.78, 5) is 0. The van der Waals surface area contributed by atoms with Crippen LogP contribution >= 0.6 is 11.6 Å². The van der Waals surface area contributed by atoms with Crippen molar-refractivity contribution in [3.05, 3.63) is 64.2 Å². The molecule has 2 rings (SSSR count). The van der Waals surface area contributed by atoms with Gasteiger partial charge in [-0.1, -0.05) is 42.8 Å². The molecule has 2 aromatic carbocycles. The van der Waals surface area contributed by atoms with Crippen molar-refractivity contribution in [2.24, 2.45) is 5.73 Å². The summed E-state index contributed by atoms with van der Waals surface area (Å²) in [7, 11) is 0. The van der Waals surface area contributed by atoms with Gasteiger partial charge in [0.1, 0.15) is 11.9 Å². The first-order chi connectivity index (χ1) is 10.0. The predicted octanol–water partition coefficient (Wildman–Crippen LogP) is 4.81. The van der Waals surface area contributed by atoms with E-state index in [2.05, 4.69) is 26.0 Å². The molecule has 0 saturated carbocycles. The fraction of sp³-hybridized carbons (Fsp3) is 0.333. The molecule has 0 bridgehead atoms. The fourth-order valence-corrected chi connectivity index (χ4v) is 2.46. The van der Waals surface area contributed by atoms with E-state index in [1.54, 1.807) is 0 Å². The van der Waals surface area contributed by atoms with Crippen molar-refractivity contribution in [2.45, 2.75) is 39.3 Å². The summed E-state index contributed by atoms with van der Waals surface area (Å²) >= 11 is 6.07. The van der Waals surface area contributed by atoms with Crippen LogP contribution in [-0.2, 0) is 0 Å². The zero-order valence-electron chi connectivity index (χ0n) is 12.8. The van der Waals surface area contributed by atoms with Crippen LogP contribution in [0.4, 0.5) is 0 Å². The maximum absolute atomic E-state index is 6.28. The third-order valence-corrected chi connectivity index (χ3v) is 4.17. The Kier molecular flexibility index (Phi) is 5.27. The van der Waals surface area contributed by atoms with E-state index in [9.17, 15) is 0 Å². The molecule has 2 N–H and O–H groups in total. The van der Waals surface area contributed by atoms with Crippen molar-refractivity contribution in [3.8, 4) is 5.75 Å². The highest BCUT2D eigenvalue weighted by Gasteiger charge is 2.22. The van der Waals surface area contributed by atoms with Crippen molar-refractivity contribution in [2.75, 3.05) is 0 Å². The molecule has 112 valence electrons. The zero-order valence-corrected chi connectivity index (χ0v) is 13.5. The van der Waals surface area contributed by atoms with Gasteiger partial charge in [-0.05, 0) is 55.2 Å². The third kappa shape index (κ3) is 3.78. The van der Waals surface area contributed by atoms with Crippen molar-refractivity contribution >= 4 is 11.6 Å². The van der Waals surface area contributed by atoms with Gasteiger partial charge in [0.25, 0.3) is 0 Å². The van der Waals surface area contributed by atoms with Gasteiger partial charge in [0, 0.05) is 11.1 Å². The number of hydrogen-bond acceptors (Lipinski definition) is 2. The minimum Gasteiger partial charge on any atom is -0.484 e. The lowest BCUT2D eigenvalue weighted by Crippen LogP contribution is -2.32. The molecule has 0 aliphatic carbocycles. The lowest BCUT2D eigenvalue weighted by atomic mass is 9.96. The van der Waals surface area contributed by atoms with Crippen LogP contribution < -0.4 is 10.5 Å². The maximum Gasteiger partial charge on any atom is 0.139 e. The van der Waals surface area contributed by atoms with E-state index in [1.807, 2.05) is 37.3 Å². The Morgan fingerprint density at radius 2 is 1.81 bits per heavy atom. The van der Waals surface area contributed by atoms with Crippen molar-refractivity contribution < 1.29 is 4.74 Å². The molecule has 0 radical (unpaired) electrons. The molecule has 2 aromatic rings. The van der Waals surface area contributed by atoms with Crippen LogP contribution in [0.1, 0.15) is 36.1 Å². The molecular weight excluding hydrogens is 282 g/mol. The number of halogens is 1. The number of rotatable bonds is 5. The lowest BCUT2D eigenvalue weighted by molar-refractivity contribution is 0.170. The predicted molar refractivity (Wildman–Crippen MR) is 89.0 cm³/mol. The highest BCUT2D eigenvalue weighted by atomic mass is 35.5. The second-order valence-corrected chi connectivity index (χ2v) is 5.79. The Morgan fingerprint density at radius 1 is 1.10 bits per heavy atom. The standard InChI is InChI=1S/C18H22ClNO/c1-4-17(20)18(15-8-6-5-7-12(15)2)21-14-9-10-16(19)13(3)11-14/h5-11,17-18H,4,20H2,1-3H3. The molecule has 0 aliphatic heterocycles. The van der Waals surface area contributed by atoms with E-state index in [4.69, 9.17) is 22.1 Å².